The molecule has 0 fully saturated rings. The summed E-state index contributed by atoms with van der Waals surface area (Å²) in [6.45, 7) is 11.9. The molecular weight excluding hydrogens is 270 g/mol. The van der Waals surface area contributed by atoms with Crippen molar-refractivity contribution >= 4 is 5.69 Å². The lowest BCUT2D eigenvalue weighted by molar-refractivity contribution is 0.422. The molecule has 0 saturated heterocycles. The topological polar surface area (TPSA) is 15.3 Å². The van der Waals surface area contributed by atoms with Crippen LogP contribution in [-0.2, 0) is 6.54 Å². The standard InChI is InChI=1S/C17H28F2N2/c1-6-8-21(9-7-2)16-14(18)10-13(11-15(16)19)12-20-17(3,4)5/h10-11,20H,6-9,12H2,1-5H3. The van der Waals surface area contributed by atoms with Gasteiger partial charge in [-0.1, -0.05) is 13.8 Å². The highest BCUT2D eigenvalue weighted by atomic mass is 19.1. The van der Waals surface area contributed by atoms with Gasteiger partial charge in [-0.15, -0.1) is 0 Å². The number of hydrogen-bond acceptors (Lipinski definition) is 2. The van der Waals surface area contributed by atoms with Crippen LogP contribution in [0.25, 0.3) is 0 Å². The predicted molar refractivity (Wildman–Crippen MR) is 85.7 cm³/mol. The van der Waals surface area contributed by atoms with Gasteiger partial charge in [0.2, 0.25) is 0 Å². The van der Waals surface area contributed by atoms with E-state index in [4.69, 9.17) is 0 Å². The zero-order valence-electron chi connectivity index (χ0n) is 13.9. The zero-order chi connectivity index (χ0) is 16.0. The SMILES string of the molecule is CCCN(CCC)c1c(F)cc(CNC(C)(C)C)cc1F. The van der Waals surface area contributed by atoms with Crippen LogP contribution in [0.1, 0.15) is 53.0 Å². The molecule has 120 valence electrons. The van der Waals surface area contributed by atoms with E-state index in [9.17, 15) is 8.78 Å². The number of benzene rings is 1. The first kappa shape index (κ1) is 17.9. The minimum absolute atomic E-state index is 0.0813. The third-order valence-corrected chi connectivity index (χ3v) is 3.20. The average molecular weight is 298 g/mol. The summed E-state index contributed by atoms with van der Waals surface area (Å²) in [5.74, 6) is -0.940. The maximum Gasteiger partial charge on any atom is 0.149 e. The first-order valence-corrected chi connectivity index (χ1v) is 7.76. The summed E-state index contributed by atoms with van der Waals surface area (Å²) in [5.41, 5.74) is 0.664. The largest absolute Gasteiger partial charge is 0.367 e. The van der Waals surface area contributed by atoms with Gasteiger partial charge < -0.3 is 10.2 Å². The Kier molecular flexibility index (Phi) is 6.59. The van der Waals surface area contributed by atoms with E-state index in [1.807, 2.05) is 34.6 Å². The van der Waals surface area contributed by atoms with Crippen LogP contribution in [0.4, 0.5) is 14.5 Å². The van der Waals surface area contributed by atoms with E-state index in [0.29, 0.717) is 25.2 Å². The number of rotatable bonds is 7. The molecule has 1 N–H and O–H groups in total. The number of halogens is 2. The van der Waals surface area contributed by atoms with Gasteiger partial charge >= 0.3 is 0 Å². The van der Waals surface area contributed by atoms with E-state index in [0.717, 1.165) is 12.8 Å². The maximum absolute atomic E-state index is 14.3. The molecule has 1 aromatic rings. The molecule has 0 spiro atoms. The first-order valence-electron chi connectivity index (χ1n) is 7.76. The molecule has 0 atom stereocenters. The zero-order valence-corrected chi connectivity index (χ0v) is 13.9. The van der Waals surface area contributed by atoms with Gasteiger partial charge in [0.25, 0.3) is 0 Å². The van der Waals surface area contributed by atoms with Crippen LogP contribution in [-0.4, -0.2) is 18.6 Å². The lowest BCUT2D eigenvalue weighted by atomic mass is 10.1. The molecule has 21 heavy (non-hydrogen) atoms. The minimum Gasteiger partial charge on any atom is -0.367 e. The van der Waals surface area contributed by atoms with E-state index in [-0.39, 0.29) is 11.2 Å². The second-order valence-corrected chi connectivity index (χ2v) is 6.50. The molecule has 0 amide bonds. The number of nitrogens with zero attached hydrogens (tertiary/aromatic N) is 1. The Balaban J connectivity index is 2.98. The summed E-state index contributed by atoms with van der Waals surface area (Å²) in [7, 11) is 0. The second kappa shape index (κ2) is 7.74. The fourth-order valence-electron chi connectivity index (χ4n) is 2.26. The summed E-state index contributed by atoms with van der Waals surface area (Å²) >= 11 is 0. The normalized spacial score (nSPS) is 11.8. The molecule has 4 heteroatoms. The minimum atomic E-state index is -0.470. The van der Waals surface area contributed by atoms with Crippen molar-refractivity contribution in [1.82, 2.24) is 5.32 Å². The van der Waals surface area contributed by atoms with Gasteiger partial charge in [0.1, 0.15) is 17.3 Å². The van der Waals surface area contributed by atoms with Crippen LogP contribution in [0.15, 0.2) is 12.1 Å². The van der Waals surface area contributed by atoms with Crippen molar-refractivity contribution in [1.29, 1.82) is 0 Å². The highest BCUT2D eigenvalue weighted by Crippen LogP contribution is 2.26. The summed E-state index contributed by atoms with van der Waals surface area (Å²) in [4.78, 5) is 1.80. The van der Waals surface area contributed by atoms with Crippen molar-refractivity contribution in [3.8, 4) is 0 Å². The van der Waals surface area contributed by atoms with Crippen LogP contribution in [0.2, 0.25) is 0 Å². The van der Waals surface area contributed by atoms with Gasteiger partial charge in [0, 0.05) is 25.2 Å². The van der Waals surface area contributed by atoms with Gasteiger partial charge in [0.15, 0.2) is 0 Å². The van der Waals surface area contributed by atoms with E-state index in [1.54, 1.807) is 4.90 Å². The highest BCUT2D eigenvalue weighted by Gasteiger charge is 2.18. The molecule has 0 saturated carbocycles. The lowest BCUT2D eigenvalue weighted by Crippen LogP contribution is -2.35. The average Bonchev–Trinajstić information content (AvgIpc) is 2.35. The van der Waals surface area contributed by atoms with Crippen LogP contribution in [0.3, 0.4) is 0 Å². The Hall–Kier alpha value is -1.16. The van der Waals surface area contributed by atoms with Crippen molar-refractivity contribution in [2.45, 2.75) is 59.5 Å². The summed E-state index contributed by atoms with van der Waals surface area (Å²) in [6.07, 6.45) is 1.73. The van der Waals surface area contributed by atoms with Gasteiger partial charge in [-0.05, 0) is 51.3 Å². The number of hydrogen-bond donors (Lipinski definition) is 1. The molecule has 0 radical (unpaired) electrons. The Bertz CT molecular complexity index is 424. The predicted octanol–water partition coefficient (Wildman–Crippen LogP) is 4.48. The second-order valence-electron chi connectivity index (χ2n) is 6.50. The van der Waals surface area contributed by atoms with Crippen LogP contribution >= 0.6 is 0 Å². The molecule has 0 aliphatic rings. The van der Waals surface area contributed by atoms with Gasteiger partial charge in [-0.2, -0.15) is 0 Å². The molecule has 0 aliphatic carbocycles. The van der Waals surface area contributed by atoms with E-state index < -0.39 is 11.6 Å². The fourth-order valence-corrected chi connectivity index (χ4v) is 2.26. The third-order valence-electron chi connectivity index (χ3n) is 3.20. The Morgan fingerprint density at radius 1 is 1.00 bits per heavy atom. The van der Waals surface area contributed by atoms with Gasteiger partial charge in [-0.3, -0.25) is 0 Å². The van der Waals surface area contributed by atoms with E-state index >= 15 is 0 Å². The molecule has 1 rings (SSSR count). The van der Waals surface area contributed by atoms with Gasteiger partial charge in [0.05, 0.1) is 0 Å². The Labute approximate surface area is 127 Å². The molecule has 0 heterocycles. The number of nitrogens with one attached hydrogen (secondary N) is 1. The molecular formula is C17H28F2N2. The third kappa shape index (κ3) is 5.62. The molecule has 0 aliphatic heterocycles. The highest BCUT2D eigenvalue weighted by molar-refractivity contribution is 5.50. The quantitative estimate of drug-likeness (QED) is 0.798. The van der Waals surface area contributed by atoms with Gasteiger partial charge in [-0.25, -0.2) is 8.78 Å². The summed E-state index contributed by atoms with van der Waals surface area (Å²) in [6, 6.07) is 2.88. The first-order chi connectivity index (χ1) is 9.78. The van der Waals surface area contributed by atoms with Crippen molar-refractivity contribution in [2.24, 2.45) is 0 Å². The molecule has 0 unspecified atom stereocenters. The Morgan fingerprint density at radius 3 is 1.86 bits per heavy atom. The Morgan fingerprint density at radius 2 is 1.48 bits per heavy atom. The van der Waals surface area contributed by atoms with Crippen molar-refractivity contribution < 1.29 is 8.78 Å². The fraction of sp³-hybridized carbons (Fsp3) is 0.647. The van der Waals surface area contributed by atoms with E-state index in [1.165, 1.54) is 12.1 Å². The monoisotopic (exact) mass is 298 g/mol. The maximum atomic E-state index is 14.3. The lowest BCUT2D eigenvalue weighted by Gasteiger charge is -2.25. The molecule has 0 bridgehead atoms. The number of anilines is 1. The molecule has 0 aromatic heterocycles. The van der Waals surface area contributed by atoms with Crippen LogP contribution in [0, 0.1) is 11.6 Å². The summed E-state index contributed by atoms with van der Waals surface area (Å²) in [5, 5.41) is 3.24. The van der Waals surface area contributed by atoms with E-state index in [2.05, 4.69) is 5.32 Å². The van der Waals surface area contributed by atoms with Crippen molar-refractivity contribution in [2.75, 3.05) is 18.0 Å². The van der Waals surface area contributed by atoms with Crippen LogP contribution in [0.5, 0.6) is 0 Å². The summed E-state index contributed by atoms with van der Waals surface area (Å²) < 4.78 is 28.6. The van der Waals surface area contributed by atoms with Crippen molar-refractivity contribution in [3.05, 3.63) is 29.3 Å². The van der Waals surface area contributed by atoms with Crippen molar-refractivity contribution in [3.63, 3.8) is 0 Å². The molecule has 1 aromatic carbocycles. The molecule has 2 nitrogen and oxygen atoms in total. The van der Waals surface area contributed by atoms with Crippen LogP contribution < -0.4 is 10.2 Å². The smallest absolute Gasteiger partial charge is 0.149 e.